The lowest BCUT2D eigenvalue weighted by Crippen LogP contribution is -2.30. The third-order valence-electron chi connectivity index (χ3n) is 3.16. The minimum absolute atomic E-state index is 0.0492. The van der Waals surface area contributed by atoms with Gasteiger partial charge in [0.15, 0.2) is 0 Å². The minimum atomic E-state index is -0.725. The summed E-state index contributed by atoms with van der Waals surface area (Å²) in [5, 5.41) is 12.0. The highest BCUT2D eigenvalue weighted by Crippen LogP contribution is 2.19. The Morgan fingerprint density at radius 1 is 1.36 bits per heavy atom. The van der Waals surface area contributed by atoms with Gasteiger partial charge in [-0.25, -0.2) is 4.39 Å². The van der Waals surface area contributed by atoms with Crippen molar-refractivity contribution < 1.29 is 18.7 Å². The van der Waals surface area contributed by atoms with E-state index in [2.05, 4.69) is 15.3 Å². The molecule has 7 heteroatoms. The summed E-state index contributed by atoms with van der Waals surface area (Å²) in [5.41, 5.74) is 0.622. The van der Waals surface area contributed by atoms with Crippen LogP contribution in [0, 0.1) is 5.82 Å². The van der Waals surface area contributed by atoms with Crippen molar-refractivity contribution in [1.29, 1.82) is 0 Å². The summed E-state index contributed by atoms with van der Waals surface area (Å²) in [5.74, 6) is -0.750. The lowest BCUT2D eigenvalue weighted by atomic mass is 10.1. The minimum Gasteiger partial charge on any atom is -0.467 e. The Hall–Kier alpha value is -2.80. The molecular weight excluding hydrogens is 289 g/mol. The molecule has 0 spiro atoms. The van der Waals surface area contributed by atoms with Gasteiger partial charge in [-0.1, -0.05) is 0 Å². The van der Waals surface area contributed by atoms with E-state index in [1.807, 2.05) is 0 Å². The zero-order chi connectivity index (χ0) is 15.5. The van der Waals surface area contributed by atoms with Gasteiger partial charge >= 0.3 is 0 Å². The number of furan rings is 1. The molecule has 2 aromatic heterocycles. The number of carbonyl (C=O) groups excluding carboxylic acids is 1. The molecule has 112 valence electrons. The van der Waals surface area contributed by atoms with E-state index < -0.39 is 17.8 Å². The number of nitrogens with zero attached hydrogens (tertiary/aromatic N) is 2. The van der Waals surface area contributed by atoms with Crippen LogP contribution < -0.4 is 5.32 Å². The first-order valence-electron chi connectivity index (χ1n) is 6.54. The number of nitrogens with one attached hydrogen (secondary N) is 1. The molecule has 0 aliphatic heterocycles. The monoisotopic (exact) mass is 301 g/mol. The van der Waals surface area contributed by atoms with Crippen molar-refractivity contribution >= 4 is 16.9 Å². The van der Waals surface area contributed by atoms with E-state index >= 15 is 0 Å². The quantitative estimate of drug-likeness (QED) is 0.767. The number of hydrogen-bond donors (Lipinski definition) is 2. The Bertz CT molecular complexity index is 805. The first-order chi connectivity index (χ1) is 10.7. The molecule has 1 atom stereocenters. The maximum atomic E-state index is 13.6. The molecule has 0 aliphatic carbocycles. The standard InChI is InChI=1S/C15H12FN3O3/c16-9-6-10(14-11(7-9)17-3-4-18-14)15(21)19-12(8-20)13-2-1-5-22-13/h1-7,12,20H,8H2,(H,19,21). The number of aromatic nitrogens is 2. The van der Waals surface area contributed by atoms with Gasteiger partial charge in [0.25, 0.3) is 5.91 Å². The van der Waals surface area contributed by atoms with Crippen LogP contribution in [0.1, 0.15) is 22.2 Å². The second-order valence-corrected chi connectivity index (χ2v) is 4.60. The summed E-state index contributed by atoms with van der Waals surface area (Å²) in [6, 6.07) is 4.84. The largest absolute Gasteiger partial charge is 0.467 e. The number of hydrogen-bond acceptors (Lipinski definition) is 5. The second-order valence-electron chi connectivity index (χ2n) is 4.60. The van der Waals surface area contributed by atoms with Gasteiger partial charge < -0.3 is 14.8 Å². The van der Waals surface area contributed by atoms with Crippen molar-refractivity contribution in [2.75, 3.05) is 6.61 Å². The number of amides is 1. The second kappa shape index (κ2) is 5.90. The lowest BCUT2D eigenvalue weighted by molar-refractivity contribution is 0.0908. The van der Waals surface area contributed by atoms with E-state index in [9.17, 15) is 14.3 Å². The summed E-state index contributed by atoms with van der Waals surface area (Å²) in [7, 11) is 0. The number of fused-ring (bicyclic) bond motifs is 1. The smallest absolute Gasteiger partial charge is 0.254 e. The van der Waals surface area contributed by atoms with Gasteiger partial charge in [-0.05, 0) is 18.2 Å². The van der Waals surface area contributed by atoms with Gasteiger partial charge in [-0.3, -0.25) is 14.8 Å². The molecule has 2 N–H and O–H groups in total. The van der Waals surface area contributed by atoms with Crippen LogP contribution in [0.15, 0.2) is 47.3 Å². The molecule has 1 unspecified atom stereocenters. The van der Waals surface area contributed by atoms with Crippen LogP contribution in [0.5, 0.6) is 0 Å². The molecule has 0 saturated carbocycles. The Morgan fingerprint density at radius 3 is 2.91 bits per heavy atom. The molecule has 0 radical (unpaired) electrons. The molecule has 22 heavy (non-hydrogen) atoms. The van der Waals surface area contributed by atoms with E-state index in [4.69, 9.17) is 4.42 Å². The van der Waals surface area contributed by atoms with Crippen molar-refractivity contribution in [3.8, 4) is 0 Å². The Balaban J connectivity index is 1.95. The number of aliphatic hydroxyl groups excluding tert-OH is 1. The molecule has 2 heterocycles. The zero-order valence-corrected chi connectivity index (χ0v) is 11.4. The number of aliphatic hydroxyl groups is 1. The number of carbonyl (C=O) groups is 1. The van der Waals surface area contributed by atoms with Gasteiger partial charge in [-0.15, -0.1) is 0 Å². The number of halogens is 1. The van der Waals surface area contributed by atoms with Gasteiger partial charge in [0.05, 0.1) is 24.0 Å². The SMILES string of the molecule is O=C(NC(CO)c1ccco1)c1cc(F)cc2nccnc12. The Morgan fingerprint density at radius 2 is 2.18 bits per heavy atom. The van der Waals surface area contributed by atoms with E-state index in [1.165, 1.54) is 24.7 Å². The van der Waals surface area contributed by atoms with E-state index in [0.717, 1.165) is 6.07 Å². The van der Waals surface area contributed by atoms with E-state index in [-0.39, 0.29) is 23.2 Å². The summed E-state index contributed by atoms with van der Waals surface area (Å²) in [6.07, 6.45) is 4.28. The summed E-state index contributed by atoms with van der Waals surface area (Å²) in [6.45, 7) is -0.349. The first kappa shape index (κ1) is 14.2. The highest BCUT2D eigenvalue weighted by Gasteiger charge is 2.20. The Labute approximate surface area is 124 Å². The average Bonchev–Trinajstić information content (AvgIpc) is 3.05. The molecule has 3 rings (SSSR count). The van der Waals surface area contributed by atoms with Crippen molar-refractivity contribution in [2.24, 2.45) is 0 Å². The van der Waals surface area contributed by atoms with Crippen LogP contribution in [-0.2, 0) is 0 Å². The Kier molecular flexibility index (Phi) is 3.80. The summed E-state index contributed by atoms with van der Waals surface area (Å²) < 4.78 is 18.8. The average molecular weight is 301 g/mol. The fourth-order valence-corrected chi connectivity index (χ4v) is 2.15. The zero-order valence-electron chi connectivity index (χ0n) is 11.4. The third-order valence-corrected chi connectivity index (χ3v) is 3.16. The fraction of sp³-hybridized carbons (Fsp3) is 0.133. The normalized spacial score (nSPS) is 12.3. The first-order valence-corrected chi connectivity index (χ1v) is 6.54. The molecule has 0 aliphatic rings. The third kappa shape index (κ3) is 2.66. The maximum absolute atomic E-state index is 13.6. The van der Waals surface area contributed by atoms with Crippen molar-refractivity contribution in [3.05, 3.63) is 60.1 Å². The highest BCUT2D eigenvalue weighted by molar-refractivity contribution is 6.04. The van der Waals surface area contributed by atoms with E-state index in [1.54, 1.807) is 12.1 Å². The maximum Gasteiger partial charge on any atom is 0.254 e. The molecule has 0 bridgehead atoms. The van der Waals surface area contributed by atoms with E-state index in [0.29, 0.717) is 5.76 Å². The number of rotatable bonds is 4. The van der Waals surface area contributed by atoms with Crippen LogP contribution in [-0.4, -0.2) is 27.6 Å². The predicted molar refractivity (Wildman–Crippen MR) is 75.5 cm³/mol. The van der Waals surface area contributed by atoms with Crippen LogP contribution >= 0.6 is 0 Å². The topological polar surface area (TPSA) is 88.2 Å². The number of benzene rings is 1. The van der Waals surface area contributed by atoms with Gasteiger partial charge in [0, 0.05) is 18.5 Å². The predicted octanol–water partition coefficient (Wildman–Crippen LogP) is 1.83. The van der Waals surface area contributed by atoms with Crippen molar-refractivity contribution in [3.63, 3.8) is 0 Å². The summed E-state index contributed by atoms with van der Waals surface area (Å²) >= 11 is 0. The van der Waals surface area contributed by atoms with Crippen molar-refractivity contribution in [1.82, 2.24) is 15.3 Å². The molecule has 0 saturated heterocycles. The van der Waals surface area contributed by atoms with Crippen LogP contribution in [0.25, 0.3) is 11.0 Å². The fourth-order valence-electron chi connectivity index (χ4n) is 2.15. The van der Waals surface area contributed by atoms with Gasteiger partial charge in [0.1, 0.15) is 23.1 Å². The van der Waals surface area contributed by atoms with Gasteiger partial charge in [0.2, 0.25) is 0 Å². The molecule has 6 nitrogen and oxygen atoms in total. The lowest BCUT2D eigenvalue weighted by Gasteiger charge is -2.14. The molecule has 0 fully saturated rings. The van der Waals surface area contributed by atoms with Gasteiger partial charge in [-0.2, -0.15) is 0 Å². The highest BCUT2D eigenvalue weighted by atomic mass is 19.1. The van der Waals surface area contributed by atoms with Crippen LogP contribution in [0.3, 0.4) is 0 Å². The van der Waals surface area contributed by atoms with Crippen LogP contribution in [0.4, 0.5) is 4.39 Å². The van der Waals surface area contributed by atoms with Crippen LogP contribution in [0.2, 0.25) is 0 Å². The molecular formula is C15H12FN3O3. The summed E-state index contributed by atoms with van der Waals surface area (Å²) in [4.78, 5) is 20.4. The van der Waals surface area contributed by atoms with Crippen molar-refractivity contribution in [2.45, 2.75) is 6.04 Å². The molecule has 1 aromatic carbocycles. The molecule has 3 aromatic rings. The molecule has 1 amide bonds.